The van der Waals surface area contributed by atoms with Crippen molar-refractivity contribution in [1.29, 1.82) is 0 Å². The Hall–Kier alpha value is -1.79. The van der Waals surface area contributed by atoms with E-state index >= 15 is 0 Å². The van der Waals surface area contributed by atoms with Crippen LogP contribution in [-0.2, 0) is 11.2 Å². The Morgan fingerprint density at radius 2 is 1.74 bits per heavy atom. The zero-order valence-electron chi connectivity index (χ0n) is 16.0. The average Bonchev–Trinajstić information content (AvgIpc) is 2.99. The van der Waals surface area contributed by atoms with Gasteiger partial charge in [-0.1, -0.05) is 19.1 Å². The highest BCUT2D eigenvalue weighted by atomic mass is 35.5. The molecular weight excluding hydrogens is 364 g/mol. The van der Waals surface area contributed by atoms with Crippen LogP contribution in [0.1, 0.15) is 31.7 Å². The van der Waals surface area contributed by atoms with E-state index in [4.69, 9.17) is 0 Å². The van der Waals surface area contributed by atoms with Crippen molar-refractivity contribution in [3.8, 4) is 0 Å². The molecule has 6 nitrogen and oxygen atoms in total. The van der Waals surface area contributed by atoms with Crippen LogP contribution in [0.4, 0.5) is 10.5 Å². The summed E-state index contributed by atoms with van der Waals surface area (Å²) in [6, 6.07) is 7.35. The van der Waals surface area contributed by atoms with Gasteiger partial charge in [-0.2, -0.15) is 0 Å². The molecular formula is C20H31ClN4O2. The summed E-state index contributed by atoms with van der Waals surface area (Å²) in [6.07, 6.45) is 3.55. The minimum atomic E-state index is -0.194. The molecule has 0 radical (unpaired) electrons. The molecule has 0 unspecified atom stereocenters. The summed E-state index contributed by atoms with van der Waals surface area (Å²) in [5.41, 5.74) is 1.73. The molecule has 2 aliphatic heterocycles. The van der Waals surface area contributed by atoms with E-state index in [-0.39, 0.29) is 24.3 Å². The Labute approximate surface area is 167 Å². The number of benzene rings is 1. The number of rotatable bonds is 5. The summed E-state index contributed by atoms with van der Waals surface area (Å²) in [6.45, 7) is 6.63. The van der Waals surface area contributed by atoms with Crippen LogP contribution in [0.15, 0.2) is 24.3 Å². The van der Waals surface area contributed by atoms with Gasteiger partial charge in [-0.15, -0.1) is 12.4 Å². The molecule has 1 aromatic rings. The fraction of sp³-hybridized carbons (Fsp3) is 0.600. The lowest BCUT2D eigenvalue weighted by atomic mass is 9.92. The van der Waals surface area contributed by atoms with Gasteiger partial charge in [0, 0.05) is 25.3 Å². The molecule has 2 aliphatic rings. The predicted molar refractivity (Wildman–Crippen MR) is 110 cm³/mol. The number of likely N-dealkylation sites (tertiary alicyclic amines) is 1. The maximum absolute atomic E-state index is 12.7. The topological polar surface area (TPSA) is 73.5 Å². The van der Waals surface area contributed by atoms with Crippen molar-refractivity contribution in [3.63, 3.8) is 0 Å². The first-order valence-electron chi connectivity index (χ1n) is 9.78. The summed E-state index contributed by atoms with van der Waals surface area (Å²) >= 11 is 0. The second-order valence-corrected chi connectivity index (χ2v) is 7.39. The van der Waals surface area contributed by atoms with E-state index < -0.39 is 0 Å². The number of urea groups is 1. The highest BCUT2D eigenvalue weighted by Crippen LogP contribution is 2.27. The van der Waals surface area contributed by atoms with Crippen molar-refractivity contribution in [2.45, 2.75) is 32.6 Å². The molecule has 0 saturated carbocycles. The van der Waals surface area contributed by atoms with Gasteiger partial charge in [-0.05, 0) is 61.9 Å². The zero-order valence-corrected chi connectivity index (χ0v) is 16.8. The molecule has 7 heteroatoms. The van der Waals surface area contributed by atoms with Gasteiger partial charge in [0.05, 0.1) is 6.42 Å². The van der Waals surface area contributed by atoms with E-state index in [0.29, 0.717) is 13.0 Å². The van der Waals surface area contributed by atoms with Crippen LogP contribution in [0, 0.1) is 11.8 Å². The second kappa shape index (κ2) is 10.5. The van der Waals surface area contributed by atoms with Gasteiger partial charge in [0.1, 0.15) is 0 Å². The molecule has 3 N–H and O–H groups in total. The summed E-state index contributed by atoms with van der Waals surface area (Å²) in [5.74, 6) is 1.67. The van der Waals surface area contributed by atoms with Crippen LogP contribution in [0.3, 0.4) is 0 Å². The number of fused-ring (bicyclic) bond motifs is 1. The van der Waals surface area contributed by atoms with Gasteiger partial charge in [-0.25, -0.2) is 4.79 Å². The molecule has 3 amide bonds. The third kappa shape index (κ3) is 6.11. The number of amides is 3. The minimum absolute atomic E-state index is 0. The largest absolute Gasteiger partial charge is 0.342 e. The van der Waals surface area contributed by atoms with Crippen molar-refractivity contribution < 1.29 is 9.59 Å². The van der Waals surface area contributed by atoms with Crippen LogP contribution in [0.5, 0.6) is 0 Å². The summed E-state index contributed by atoms with van der Waals surface area (Å²) in [4.78, 5) is 26.4. The summed E-state index contributed by atoms with van der Waals surface area (Å²) in [7, 11) is 0. The molecule has 0 aromatic heterocycles. The highest BCUT2D eigenvalue weighted by Gasteiger charge is 2.31. The first-order valence-corrected chi connectivity index (χ1v) is 9.78. The zero-order chi connectivity index (χ0) is 18.4. The Kier molecular flexibility index (Phi) is 8.38. The smallest absolute Gasteiger partial charge is 0.319 e. The molecule has 2 fully saturated rings. The normalized spacial score (nSPS) is 21.6. The van der Waals surface area contributed by atoms with Gasteiger partial charge in [-0.3, -0.25) is 4.79 Å². The lowest BCUT2D eigenvalue weighted by Gasteiger charge is -2.21. The van der Waals surface area contributed by atoms with E-state index in [1.807, 2.05) is 36.1 Å². The SMILES string of the molecule is CCCNC(=O)Nc1ccc(CC(=O)N2CC[C@@H]3CNC[C@@H]3CC2)cc1.Cl. The number of anilines is 1. The maximum atomic E-state index is 12.7. The number of nitrogens with zero attached hydrogens (tertiary/aromatic N) is 1. The molecule has 150 valence electrons. The Morgan fingerprint density at radius 1 is 1.11 bits per heavy atom. The lowest BCUT2D eigenvalue weighted by Crippen LogP contribution is -2.33. The number of halogens is 1. The van der Waals surface area contributed by atoms with Crippen molar-refractivity contribution in [3.05, 3.63) is 29.8 Å². The number of carbonyl (C=O) groups is 2. The van der Waals surface area contributed by atoms with Crippen molar-refractivity contribution in [2.24, 2.45) is 11.8 Å². The molecule has 0 aliphatic carbocycles. The Bertz CT molecular complexity index is 609. The molecule has 2 saturated heterocycles. The highest BCUT2D eigenvalue weighted by molar-refractivity contribution is 5.89. The van der Waals surface area contributed by atoms with E-state index in [9.17, 15) is 9.59 Å². The second-order valence-electron chi connectivity index (χ2n) is 7.39. The molecule has 3 rings (SSSR count). The van der Waals surface area contributed by atoms with Gasteiger partial charge in [0.15, 0.2) is 0 Å². The van der Waals surface area contributed by atoms with Gasteiger partial charge in [0.25, 0.3) is 0 Å². The molecule has 2 heterocycles. The Balaban J connectivity index is 0.00000261. The van der Waals surface area contributed by atoms with E-state index in [1.54, 1.807) is 0 Å². The van der Waals surface area contributed by atoms with E-state index in [0.717, 1.165) is 68.5 Å². The fourth-order valence-corrected chi connectivity index (χ4v) is 3.87. The third-order valence-electron chi connectivity index (χ3n) is 5.47. The number of nitrogens with one attached hydrogen (secondary N) is 3. The van der Waals surface area contributed by atoms with Crippen molar-refractivity contribution in [1.82, 2.24) is 15.5 Å². The fourth-order valence-electron chi connectivity index (χ4n) is 3.87. The summed E-state index contributed by atoms with van der Waals surface area (Å²) < 4.78 is 0. The van der Waals surface area contributed by atoms with Gasteiger partial charge in [0.2, 0.25) is 5.91 Å². The van der Waals surface area contributed by atoms with Gasteiger partial charge < -0.3 is 20.9 Å². The van der Waals surface area contributed by atoms with Crippen molar-refractivity contribution in [2.75, 3.05) is 38.0 Å². The number of hydrogen-bond acceptors (Lipinski definition) is 3. The van der Waals surface area contributed by atoms with Crippen LogP contribution >= 0.6 is 12.4 Å². The van der Waals surface area contributed by atoms with Crippen LogP contribution in [-0.4, -0.2) is 49.6 Å². The van der Waals surface area contributed by atoms with E-state index in [2.05, 4.69) is 16.0 Å². The van der Waals surface area contributed by atoms with Crippen molar-refractivity contribution >= 4 is 30.0 Å². The lowest BCUT2D eigenvalue weighted by molar-refractivity contribution is -0.130. The monoisotopic (exact) mass is 394 g/mol. The summed E-state index contributed by atoms with van der Waals surface area (Å²) in [5, 5.41) is 9.05. The third-order valence-corrected chi connectivity index (χ3v) is 5.47. The van der Waals surface area contributed by atoms with E-state index in [1.165, 1.54) is 0 Å². The first kappa shape index (κ1) is 21.5. The molecule has 0 spiro atoms. The molecule has 27 heavy (non-hydrogen) atoms. The quantitative estimate of drug-likeness (QED) is 0.718. The first-order chi connectivity index (χ1) is 12.7. The molecule has 0 bridgehead atoms. The van der Waals surface area contributed by atoms with Crippen LogP contribution in [0.2, 0.25) is 0 Å². The maximum Gasteiger partial charge on any atom is 0.319 e. The molecule has 2 atom stereocenters. The van der Waals surface area contributed by atoms with Crippen LogP contribution in [0.25, 0.3) is 0 Å². The Morgan fingerprint density at radius 3 is 2.33 bits per heavy atom. The van der Waals surface area contributed by atoms with Crippen LogP contribution < -0.4 is 16.0 Å². The average molecular weight is 395 g/mol. The number of hydrogen-bond donors (Lipinski definition) is 3. The predicted octanol–water partition coefficient (Wildman–Crippen LogP) is 2.64. The standard InChI is InChI=1S/C20H30N4O2.ClH/c1-2-9-22-20(26)23-18-5-3-15(4-6-18)12-19(25)24-10-7-16-13-21-14-17(16)8-11-24;/h3-6,16-17,21H,2,7-14H2,1H3,(H2,22,23,26);1H/t16-,17+;. The minimum Gasteiger partial charge on any atom is -0.342 e. The molecule has 1 aromatic carbocycles. The number of carbonyl (C=O) groups excluding carboxylic acids is 2. The van der Waals surface area contributed by atoms with Gasteiger partial charge >= 0.3 is 6.03 Å².